The van der Waals surface area contributed by atoms with Crippen LogP contribution >= 0.6 is 0 Å². The number of nitro benzene ring substituents is 1. The van der Waals surface area contributed by atoms with Crippen LogP contribution in [0.2, 0.25) is 0 Å². The maximum Gasteiger partial charge on any atom is 0.315 e. The van der Waals surface area contributed by atoms with Crippen LogP contribution in [0.15, 0.2) is 18.2 Å². The fraction of sp³-hybridized carbons (Fsp3) is 0.200. The van der Waals surface area contributed by atoms with Gasteiger partial charge in [0, 0.05) is 6.07 Å². The average molecular weight is 254 g/mol. The van der Waals surface area contributed by atoms with Gasteiger partial charge in [-0.15, -0.1) is 0 Å². The standard InChI is InChI=1S/C10H10N2O6/c1-5(10(15)16)9(14)11-7-3-2-6(12(17)18)4-8(7)13/h2-5,13H,1H3,(H,11,14)(H,15,16). The van der Waals surface area contributed by atoms with E-state index in [4.69, 9.17) is 5.11 Å². The van der Waals surface area contributed by atoms with Crippen LogP contribution in [0.3, 0.4) is 0 Å². The number of carboxylic acid groups (broad SMARTS) is 1. The van der Waals surface area contributed by atoms with Crippen LogP contribution in [0.5, 0.6) is 5.75 Å². The summed E-state index contributed by atoms with van der Waals surface area (Å²) in [5.74, 6) is -3.93. The molecular weight excluding hydrogens is 244 g/mol. The van der Waals surface area contributed by atoms with Crippen LogP contribution in [0.25, 0.3) is 0 Å². The molecule has 1 aromatic rings. The molecule has 0 bridgehead atoms. The summed E-state index contributed by atoms with van der Waals surface area (Å²) in [6.07, 6.45) is 0. The summed E-state index contributed by atoms with van der Waals surface area (Å²) < 4.78 is 0. The molecule has 0 spiro atoms. The van der Waals surface area contributed by atoms with Gasteiger partial charge in [0.15, 0.2) is 0 Å². The Morgan fingerprint density at radius 2 is 2.06 bits per heavy atom. The zero-order valence-corrected chi connectivity index (χ0v) is 9.28. The molecule has 96 valence electrons. The molecular formula is C10H10N2O6. The molecule has 18 heavy (non-hydrogen) atoms. The Kier molecular flexibility index (Phi) is 3.82. The lowest BCUT2D eigenvalue weighted by Gasteiger charge is -2.09. The Balaban J connectivity index is 2.89. The molecule has 0 fully saturated rings. The van der Waals surface area contributed by atoms with Gasteiger partial charge in [-0.25, -0.2) is 0 Å². The van der Waals surface area contributed by atoms with E-state index >= 15 is 0 Å². The van der Waals surface area contributed by atoms with Crippen molar-refractivity contribution in [3.63, 3.8) is 0 Å². The summed E-state index contributed by atoms with van der Waals surface area (Å²) in [7, 11) is 0. The molecule has 1 atom stereocenters. The number of nitrogens with zero attached hydrogens (tertiary/aromatic N) is 1. The Hall–Kier alpha value is -2.64. The second-order valence-corrected chi connectivity index (χ2v) is 3.51. The van der Waals surface area contributed by atoms with Crippen molar-refractivity contribution in [2.45, 2.75) is 6.92 Å². The van der Waals surface area contributed by atoms with E-state index in [1.165, 1.54) is 6.92 Å². The molecule has 8 heteroatoms. The number of nitro groups is 1. The predicted octanol–water partition coefficient (Wildman–Crippen LogP) is 0.960. The van der Waals surface area contributed by atoms with Crippen LogP contribution < -0.4 is 5.32 Å². The largest absolute Gasteiger partial charge is 0.506 e. The molecule has 3 N–H and O–H groups in total. The number of benzene rings is 1. The van der Waals surface area contributed by atoms with Crippen LogP contribution in [0, 0.1) is 16.0 Å². The fourth-order valence-corrected chi connectivity index (χ4v) is 1.09. The van der Waals surface area contributed by atoms with E-state index in [0.29, 0.717) is 0 Å². The van der Waals surface area contributed by atoms with E-state index < -0.39 is 28.5 Å². The van der Waals surface area contributed by atoms with Gasteiger partial charge >= 0.3 is 5.97 Å². The number of rotatable bonds is 4. The predicted molar refractivity (Wildman–Crippen MR) is 60.2 cm³/mol. The van der Waals surface area contributed by atoms with Crippen LogP contribution in [-0.2, 0) is 9.59 Å². The lowest BCUT2D eigenvalue weighted by molar-refractivity contribution is -0.384. The summed E-state index contributed by atoms with van der Waals surface area (Å²) in [6, 6.07) is 3.07. The first-order valence-corrected chi connectivity index (χ1v) is 4.84. The van der Waals surface area contributed by atoms with Gasteiger partial charge in [0.05, 0.1) is 16.7 Å². The molecule has 0 aromatic heterocycles. The SMILES string of the molecule is CC(C(=O)O)C(=O)Nc1ccc([N+](=O)[O-])cc1O. The van der Waals surface area contributed by atoms with Crippen molar-refractivity contribution in [1.82, 2.24) is 0 Å². The molecule has 0 heterocycles. The number of aromatic hydroxyl groups is 1. The third kappa shape index (κ3) is 2.94. The number of phenols is 1. The van der Waals surface area contributed by atoms with Gasteiger partial charge < -0.3 is 15.5 Å². The van der Waals surface area contributed by atoms with Crippen LogP contribution in [0.1, 0.15) is 6.92 Å². The van der Waals surface area contributed by atoms with Gasteiger partial charge in [0.25, 0.3) is 5.69 Å². The second-order valence-electron chi connectivity index (χ2n) is 3.51. The summed E-state index contributed by atoms with van der Waals surface area (Å²) in [4.78, 5) is 31.6. The lowest BCUT2D eigenvalue weighted by atomic mass is 10.1. The second kappa shape index (κ2) is 5.13. The number of carboxylic acids is 1. The number of hydrogen-bond acceptors (Lipinski definition) is 5. The number of carbonyl (C=O) groups is 2. The zero-order valence-electron chi connectivity index (χ0n) is 9.28. The summed E-state index contributed by atoms with van der Waals surface area (Å²) in [5.41, 5.74) is -0.421. The average Bonchev–Trinajstić information content (AvgIpc) is 2.30. The first kappa shape index (κ1) is 13.4. The van der Waals surface area contributed by atoms with Crippen molar-refractivity contribution in [3.8, 4) is 5.75 Å². The molecule has 1 amide bonds. The topological polar surface area (TPSA) is 130 Å². The van der Waals surface area contributed by atoms with Gasteiger partial charge in [-0.2, -0.15) is 0 Å². The third-order valence-corrected chi connectivity index (χ3v) is 2.21. The minimum atomic E-state index is -1.31. The molecule has 0 saturated heterocycles. The monoisotopic (exact) mass is 254 g/mol. The van der Waals surface area contributed by atoms with E-state index in [1.807, 2.05) is 0 Å². The van der Waals surface area contributed by atoms with E-state index in [-0.39, 0.29) is 11.4 Å². The molecule has 0 aliphatic rings. The van der Waals surface area contributed by atoms with Gasteiger partial charge in [0.2, 0.25) is 5.91 Å². The number of carbonyl (C=O) groups excluding carboxylic acids is 1. The molecule has 1 aromatic carbocycles. The fourth-order valence-electron chi connectivity index (χ4n) is 1.09. The highest BCUT2D eigenvalue weighted by molar-refractivity contribution is 6.04. The van der Waals surface area contributed by atoms with E-state index in [2.05, 4.69) is 5.32 Å². The minimum Gasteiger partial charge on any atom is -0.506 e. The highest BCUT2D eigenvalue weighted by Gasteiger charge is 2.21. The highest BCUT2D eigenvalue weighted by atomic mass is 16.6. The first-order chi connectivity index (χ1) is 8.32. The van der Waals surface area contributed by atoms with E-state index in [9.17, 15) is 24.8 Å². The Bertz CT molecular complexity index is 513. The van der Waals surface area contributed by atoms with Gasteiger partial charge in [-0.1, -0.05) is 0 Å². The van der Waals surface area contributed by atoms with Crippen molar-refractivity contribution in [1.29, 1.82) is 0 Å². The van der Waals surface area contributed by atoms with Crippen LogP contribution in [-0.4, -0.2) is 27.0 Å². The van der Waals surface area contributed by atoms with E-state index in [1.54, 1.807) is 0 Å². The van der Waals surface area contributed by atoms with Crippen molar-refractivity contribution in [3.05, 3.63) is 28.3 Å². The summed E-state index contributed by atoms with van der Waals surface area (Å²) in [6.45, 7) is 1.18. The Labute approximate surface area is 101 Å². The van der Waals surface area contributed by atoms with Crippen molar-refractivity contribution >= 4 is 23.3 Å². The molecule has 0 saturated carbocycles. The number of anilines is 1. The number of amides is 1. The number of nitrogens with one attached hydrogen (secondary N) is 1. The van der Waals surface area contributed by atoms with Crippen LogP contribution in [0.4, 0.5) is 11.4 Å². The lowest BCUT2D eigenvalue weighted by Crippen LogP contribution is -2.26. The van der Waals surface area contributed by atoms with Gasteiger partial charge in [-0.05, 0) is 13.0 Å². The number of aliphatic carboxylic acids is 1. The van der Waals surface area contributed by atoms with E-state index in [0.717, 1.165) is 18.2 Å². The van der Waals surface area contributed by atoms with Gasteiger partial charge in [0.1, 0.15) is 11.7 Å². The minimum absolute atomic E-state index is 0.0845. The number of phenolic OH excluding ortho intramolecular Hbond substituents is 1. The number of non-ortho nitro benzene ring substituents is 1. The molecule has 1 unspecified atom stereocenters. The zero-order chi connectivity index (χ0) is 13.9. The summed E-state index contributed by atoms with van der Waals surface area (Å²) >= 11 is 0. The van der Waals surface area contributed by atoms with Crippen molar-refractivity contribution in [2.75, 3.05) is 5.32 Å². The third-order valence-electron chi connectivity index (χ3n) is 2.21. The van der Waals surface area contributed by atoms with Gasteiger partial charge in [-0.3, -0.25) is 19.7 Å². The first-order valence-electron chi connectivity index (χ1n) is 4.84. The smallest absolute Gasteiger partial charge is 0.315 e. The molecule has 0 aliphatic heterocycles. The maximum absolute atomic E-state index is 11.4. The highest BCUT2D eigenvalue weighted by Crippen LogP contribution is 2.28. The Morgan fingerprint density at radius 1 is 1.44 bits per heavy atom. The molecule has 0 aliphatic carbocycles. The maximum atomic E-state index is 11.4. The quantitative estimate of drug-likeness (QED) is 0.317. The molecule has 8 nitrogen and oxygen atoms in total. The summed E-state index contributed by atoms with van der Waals surface area (Å²) in [5, 5.41) is 30.6. The van der Waals surface area contributed by atoms with Crippen molar-refractivity contribution in [2.24, 2.45) is 5.92 Å². The molecule has 1 rings (SSSR count). The molecule has 0 radical (unpaired) electrons. The normalized spacial score (nSPS) is 11.6. The number of hydrogen-bond donors (Lipinski definition) is 3. The Morgan fingerprint density at radius 3 is 2.50 bits per heavy atom. The van der Waals surface area contributed by atoms with Crippen molar-refractivity contribution < 1.29 is 24.7 Å².